The Kier molecular flexibility index (Phi) is 4.13. The topological polar surface area (TPSA) is 78.6 Å². The van der Waals surface area contributed by atoms with Crippen molar-refractivity contribution in [1.29, 1.82) is 0 Å². The molecule has 0 aliphatic heterocycles. The van der Waals surface area contributed by atoms with Crippen LogP contribution >= 0.6 is 15.9 Å². The van der Waals surface area contributed by atoms with Crippen LogP contribution in [0, 0.1) is 33.3 Å². The third-order valence-corrected chi connectivity index (χ3v) is 7.27. The minimum atomic E-state index is -0.482. The van der Waals surface area contributed by atoms with E-state index in [1.807, 2.05) is 0 Å². The number of rotatable bonds is 4. The molecule has 5 nitrogen and oxygen atoms in total. The molecule has 4 aliphatic rings. The van der Waals surface area contributed by atoms with Crippen LogP contribution in [0.3, 0.4) is 0 Å². The van der Waals surface area contributed by atoms with E-state index in [1.165, 1.54) is 50.7 Å². The van der Waals surface area contributed by atoms with E-state index in [4.69, 9.17) is 4.99 Å². The molecule has 4 fully saturated rings. The van der Waals surface area contributed by atoms with Crippen molar-refractivity contribution < 1.29 is 10.0 Å². The fourth-order valence-electron chi connectivity index (χ4n) is 5.84. The van der Waals surface area contributed by atoms with Gasteiger partial charge < -0.3 is 5.11 Å². The summed E-state index contributed by atoms with van der Waals surface area (Å²) < 4.78 is 0.214. The second-order valence-electron chi connectivity index (χ2n) is 8.34. The Labute approximate surface area is 155 Å². The SMILES string of the molecule is C[C@H](N=Cc1cc([N+](=O)[O-])cc(Br)c1[O-])C12CC3CC(CC(C3)C1)C2. The molecule has 1 atom stereocenters. The molecule has 5 rings (SSSR count). The Bertz CT molecular complexity index is 711. The van der Waals surface area contributed by atoms with Crippen LogP contribution in [0.1, 0.15) is 51.0 Å². The Hall–Kier alpha value is -1.43. The minimum Gasteiger partial charge on any atom is -0.871 e. The van der Waals surface area contributed by atoms with Crippen molar-refractivity contribution in [3.8, 4) is 5.75 Å². The quantitative estimate of drug-likeness (QED) is 0.421. The Morgan fingerprint density at radius 1 is 1.24 bits per heavy atom. The van der Waals surface area contributed by atoms with Crippen LogP contribution in [0.5, 0.6) is 5.75 Å². The monoisotopic (exact) mass is 405 g/mol. The van der Waals surface area contributed by atoms with Gasteiger partial charge in [-0.25, -0.2) is 0 Å². The van der Waals surface area contributed by atoms with Crippen LogP contribution < -0.4 is 5.11 Å². The molecule has 0 heterocycles. The largest absolute Gasteiger partial charge is 0.871 e. The van der Waals surface area contributed by atoms with E-state index < -0.39 is 4.92 Å². The molecule has 0 amide bonds. The van der Waals surface area contributed by atoms with E-state index >= 15 is 0 Å². The Morgan fingerprint density at radius 3 is 2.32 bits per heavy atom. The normalized spacial score (nSPS) is 34.6. The van der Waals surface area contributed by atoms with Gasteiger partial charge in [0.15, 0.2) is 0 Å². The number of nitrogens with zero attached hydrogens (tertiary/aromatic N) is 2. The van der Waals surface area contributed by atoms with Gasteiger partial charge in [0.2, 0.25) is 0 Å². The number of hydrogen-bond acceptors (Lipinski definition) is 4. The van der Waals surface area contributed by atoms with Crippen LogP contribution in [0.25, 0.3) is 0 Å². The first-order chi connectivity index (χ1) is 11.9. The number of hydrogen-bond donors (Lipinski definition) is 0. The maximum atomic E-state index is 12.2. The maximum absolute atomic E-state index is 12.2. The van der Waals surface area contributed by atoms with Crippen LogP contribution in [-0.2, 0) is 0 Å². The zero-order chi connectivity index (χ0) is 17.8. The molecule has 25 heavy (non-hydrogen) atoms. The molecule has 1 aromatic carbocycles. The highest BCUT2D eigenvalue weighted by Crippen LogP contribution is 2.61. The summed E-state index contributed by atoms with van der Waals surface area (Å²) in [4.78, 5) is 15.3. The predicted molar refractivity (Wildman–Crippen MR) is 97.9 cm³/mol. The van der Waals surface area contributed by atoms with E-state index in [0.717, 1.165) is 17.8 Å². The molecule has 4 saturated carbocycles. The number of benzene rings is 1. The van der Waals surface area contributed by atoms with E-state index in [9.17, 15) is 15.2 Å². The van der Waals surface area contributed by atoms with Gasteiger partial charge in [-0.3, -0.25) is 15.1 Å². The van der Waals surface area contributed by atoms with Crippen LogP contribution in [0.4, 0.5) is 5.69 Å². The summed E-state index contributed by atoms with van der Waals surface area (Å²) in [5, 5.41) is 23.3. The lowest BCUT2D eigenvalue weighted by Crippen LogP contribution is -2.50. The van der Waals surface area contributed by atoms with E-state index in [-0.39, 0.29) is 32.9 Å². The number of halogens is 1. The van der Waals surface area contributed by atoms with Crippen LogP contribution in [0.2, 0.25) is 0 Å². The molecular weight excluding hydrogens is 384 g/mol. The number of nitro benzene ring substituents is 1. The summed E-state index contributed by atoms with van der Waals surface area (Å²) in [5.74, 6) is 2.31. The summed E-state index contributed by atoms with van der Waals surface area (Å²) in [5.41, 5.74) is 0.472. The van der Waals surface area contributed by atoms with Gasteiger partial charge >= 0.3 is 0 Å². The molecule has 0 unspecified atom stereocenters. The van der Waals surface area contributed by atoms with E-state index in [1.54, 1.807) is 6.21 Å². The first-order valence-corrected chi connectivity index (χ1v) is 9.84. The number of non-ortho nitro benzene ring substituents is 1. The zero-order valence-electron chi connectivity index (χ0n) is 14.3. The van der Waals surface area contributed by atoms with Crippen molar-refractivity contribution in [2.24, 2.45) is 28.2 Å². The molecule has 4 bridgehead atoms. The van der Waals surface area contributed by atoms with Gasteiger partial charge in [-0.05, 0) is 74.2 Å². The molecule has 134 valence electrons. The first kappa shape index (κ1) is 17.0. The Morgan fingerprint density at radius 2 is 1.80 bits per heavy atom. The van der Waals surface area contributed by atoms with Gasteiger partial charge in [0.25, 0.3) is 5.69 Å². The van der Waals surface area contributed by atoms with Crippen molar-refractivity contribution in [2.75, 3.05) is 0 Å². The fraction of sp³-hybridized carbons (Fsp3) is 0.632. The molecule has 0 saturated heterocycles. The average Bonchev–Trinajstić information content (AvgIpc) is 2.54. The summed E-state index contributed by atoms with van der Waals surface area (Å²) >= 11 is 3.13. The van der Waals surface area contributed by atoms with Crippen LogP contribution in [-0.4, -0.2) is 17.2 Å². The second kappa shape index (κ2) is 6.08. The fourth-order valence-corrected chi connectivity index (χ4v) is 6.30. The highest BCUT2D eigenvalue weighted by molar-refractivity contribution is 9.10. The van der Waals surface area contributed by atoms with Gasteiger partial charge in [-0.2, -0.15) is 0 Å². The molecule has 4 aliphatic carbocycles. The van der Waals surface area contributed by atoms with Crippen molar-refractivity contribution in [1.82, 2.24) is 0 Å². The standard InChI is InChI=1S/C19H23BrN2O3/c1-11(19-7-12-2-13(8-19)4-14(3-12)9-19)21-10-15-5-16(22(24)25)6-17(20)18(15)23/h5-6,10-14,23H,2-4,7-9H2,1H3/p-1/t11-,12?,13?,14?,19?/m0/s1. The number of nitro groups is 1. The highest BCUT2D eigenvalue weighted by Gasteiger charge is 2.53. The maximum Gasteiger partial charge on any atom is 0.271 e. The van der Waals surface area contributed by atoms with Gasteiger partial charge in [-0.15, -0.1) is 0 Å². The van der Waals surface area contributed by atoms with Gasteiger partial charge in [0.05, 0.1) is 11.0 Å². The van der Waals surface area contributed by atoms with Crippen molar-refractivity contribution in [2.45, 2.75) is 51.5 Å². The molecule has 6 heteroatoms. The van der Waals surface area contributed by atoms with E-state index in [0.29, 0.717) is 0 Å². The summed E-state index contributed by atoms with van der Waals surface area (Å²) in [7, 11) is 0. The van der Waals surface area contributed by atoms with Crippen molar-refractivity contribution >= 4 is 27.8 Å². The van der Waals surface area contributed by atoms with E-state index in [2.05, 4.69) is 22.9 Å². The molecule has 0 radical (unpaired) electrons. The third-order valence-electron chi connectivity index (χ3n) is 6.68. The lowest BCUT2D eigenvalue weighted by atomic mass is 9.48. The molecular formula is C19H22BrN2O3-. The average molecular weight is 406 g/mol. The van der Waals surface area contributed by atoms with Gasteiger partial charge in [-0.1, -0.05) is 21.7 Å². The summed E-state index contributed by atoms with van der Waals surface area (Å²) in [6.07, 6.45) is 9.47. The minimum absolute atomic E-state index is 0.0876. The summed E-state index contributed by atoms with van der Waals surface area (Å²) in [6, 6.07) is 2.73. The zero-order valence-corrected chi connectivity index (χ0v) is 15.9. The lowest BCUT2D eigenvalue weighted by molar-refractivity contribution is -0.385. The van der Waals surface area contributed by atoms with Crippen molar-refractivity contribution in [3.63, 3.8) is 0 Å². The molecule has 0 N–H and O–H groups in total. The second-order valence-corrected chi connectivity index (χ2v) is 9.19. The first-order valence-electron chi connectivity index (χ1n) is 9.04. The smallest absolute Gasteiger partial charge is 0.271 e. The highest BCUT2D eigenvalue weighted by atomic mass is 79.9. The third kappa shape index (κ3) is 2.98. The van der Waals surface area contributed by atoms with Crippen molar-refractivity contribution in [3.05, 3.63) is 32.3 Å². The molecule has 0 spiro atoms. The van der Waals surface area contributed by atoms with Gasteiger partial charge in [0.1, 0.15) is 0 Å². The molecule has 0 aromatic heterocycles. The summed E-state index contributed by atoms with van der Waals surface area (Å²) in [6.45, 7) is 2.15. The molecule has 1 aromatic rings. The van der Waals surface area contributed by atoms with Crippen LogP contribution in [0.15, 0.2) is 21.6 Å². The number of aliphatic imine (C=N–C) groups is 1. The van der Waals surface area contributed by atoms with Gasteiger partial charge in [0, 0.05) is 22.8 Å². The lowest BCUT2D eigenvalue weighted by Gasteiger charge is -2.58. The Balaban J connectivity index is 1.59. The predicted octanol–water partition coefficient (Wildman–Crippen LogP) is 4.45.